The van der Waals surface area contributed by atoms with Gasteiger partial charge in [0.15, 0.2) is 0 Å². The molecule has 1 aromatic heterocycles. The number of aromatic nitrogens is 2. The smallest absolute Gasteiger partial charge is 0.251 e. The average molecular weight is 304 g/mol. The molecule has 3 N–H and O–H groups in total. The number of carbonyl (C=O) groups is 2. The van der Waals surface area contributed by atoms with Gasteiger partial charge in [-0.3, -0.25) is 9.59 Å². The van der Waals surface area contributed by atoms with Crippen LogP contribution in [0, 0.1) is 5.82 Å². The van der Waals surface area contributed by atoms with Gasteiger partial charge in [0.05, 0.1) is 0 Å². The van der Waals surface area contributed by atoms with Crippen LogP contribution in [0.2, 0.25) is 0 Å². The molecule has 0 saturated heterocycles. The highest BCUT2D eigenvalue weighted by Gasteiger charge is 2.06. The van der Waals surface area contributed by atoms with Gasteiger partial charge >= 0.3 is 0 Å². The van der Waals surface area contributed by atoms with E-state index < -0.39 is 5.82 Å². The molecule has 6 nitrogen and oxygen atoms in total. The first-order valence-electron chi connectivity index (χ1n) is 6.94. The highest BCUT2D eigenvalue weighted by molar-refractivity contribution is 5.94. The number of aromatic amines is 1. The maximum absolute atomic E-state index is 12.7. The van der Waals surface area contributed by atoms with Crippen LogP contribution in [-0.2, 0) is 11.2 Å². The summed E-state index contributed by atoms with van der Waals surface area (Å²) in [5, 5.41) is 5.35. The Kier molecular flexibility index (Phi) is 5.65. The molecule has 0 bridgehead atoms. The molecule has 1 heterocycles. The van der Waals surface area contributed by atoms with Crippen LogP contribution in [0.1, 0.15) is 22.6 Å². The van der Waals surface area contributed by atoms with Crippen molar-refractivity contribution in [3.63, 3.8) is 0 Å². The number of benzene rings is 1. The van der Waals surface area contributed by atoms with Crippen molar-refractivity contribution in [1.29, 1.82) is 0 Å². The largest absolute Gasteiger partial charge is 0.356 e. The van der Waals surface area contributed by atoms with E-state index in [4.69, 9.17) is 0 Å². The number of hydrogen-bond donors (Lipinski definition) is 3. The fourth-order valence-electron chi connectivity index (χ4n) is 1.84. The van der Waals surface area contributed by atoms with E-state index in [0.717, 1.165) is 5.82 Å². The molecule has 0 radical (unpaired) electrons. The molecule has 22 heavy (non-hydrogen) atoms. The lowest BCUT2D eigenvalue weighted by Crippen LogP contribution is -2.31. The van der Waals surface area contributed by atoms with Crippen molar-refractivity contribution in [3.8, 4) is 0 Å². The van der Waals surface area contributed by atoms with E-state index in [9.17, 15) is 14.0 Å². The maximum Gasteiger partial charge on any atom is 0.251 e. The molecule has 0 saturated carbocycles. The molecule has 2 rings (SSSR count). The summed E-state index contributed by atoms with van der Waals surface area (Å²) in [6, 6.07) is 5.23. The van der Waals surface area contributed by atoms with Crippen molar-refractivity contribution in [2.45, 2.75) is 12.8 Å². The minimum Gasteiger partial charge on any atom is -0.356 e. The molecule has 1 aromatic carbocycles. The summed E-state index contributed by atoms with van der Waals surface area (Å²) >= 11 is 0. The number of carbonyl (C=O) groups excluding carboxylic acids is 2. The third kappa shape index (κ3) is 5.01. The normalized spacial score (nSPS) is 10.2. The second-order valence-corrected chi connectivity index (χ2v) is 4.65. The lowest BCUT2D eigenvalue weighted by molar-refractivity contribution is -0.120. The van der Waals surface area contributed by atoms with Crippen LogP contribution in [0.15, 0.2) is 36.7 Å². The molecule has 2 amide bonds. The zero-order valence-corrected chi connectivity index (χ0v) is 11.9. The molecule has 7 heteroatoms. The van der Waals surface area contributed by atoms with Gasteiger partial charge in [-0.1, -0.05) is 0 Å². The molecule has 0 aliphatic carbocycles. The van der Waals surface area contributed by atoms with Gasteiger partial charge < -0.3 is 15.6 Å². The SMILES string of the molecule is O=C(CCNC(=O)c1ccc(F)cc1)NCCc1ncc[nH]1. The maximum atomic E-state index is 12.7. The van der Waals surface area contributed by atoms with Gasteiger partial charge in [-0.15, -0.1) is 0 Å². The van der Waals surface area contributed by atoms with Crippen LogP contribution < -0.4 is 10.6 Å². The lowest BCUT2D eigenvalue weighted by Gasteiger charge is -2.06. The molecule has 2 aromatic rings. The topological polar surface area (TPSA) is 86.9 Å². The van der Waals surface area contributed by atoms with Crippen LogP contribution in [0.4, 0.5) is 4.39 Å². The van der Waals surface area contributed by atoms with Crippen molar-refractivity contribution in [3.05, 3.63) is 53.9 Å². The Morgan fingerprint density at radius 3 is 2.59 bits per heavy atom. The molecule has 0 unspecified atom stereocenters. The zero-order chi connectivity index (χ0) is 15.8. The minimum absolute atomic E-state index is 0.147. The predicted molar refractivity (Wildman–Crippen MR) is 78.7 cm³/mol. The predicted octanol–water partition coefficient (Wildman–Crippen LogP) is 1.03. The number of rotatable bonds is 7. The Labute approximate surface area is 127 Å². The van der Waals surface area contributed by atoms with Crippen LogP contribution in [0.25, 0.3) is 0 Å². The van der Waals surface area contributed by atoms with E-state index in [-0.39, 0.29) is 24.8 Å². The van der Waals surface area contributed by atoms with Crippen LogP contribution in [-0.4, -0.2) is 34.9 Å². The van der Waals surface area contributed by atoms with Gasteiger partial charge in [0, 0.05) is 43.9 Å². The van der Waals surface area contributed by atoms with Crippen molar-refractivity contribution in [2.24, 2.45) is 0 Å². The Balaban J connectivity index is 1.62. The quantitative estimate of drug-likeness (QED) is 0.714. The van der Waals surface area contributed by atoms with Crippen molar-refractivity contribution in [1.82, 2.24) is 20.6 Å². The standard InChI is InChI=1S/C15H17FN4O2/c16-12-3-1-11(2-4-12)15(22)20-8-6-14(21)19-7-5-13-17-9-10-18-13/h1-4,9-10H,5-8H2,(H,17,18)(H,19,21)(H,20,22). The number of amides is 2. The first kappa shape index (κ1) is 15.7. The van der Waals surface area contributed by atoms with Gasteiger partial charge in [-0.05, 0) is 24.3 Å². The monoisotopic (exact) mass is 304 g/mol. The number of imidazole rings is 1. The Morgan fingerprint density at radius 2 is 1.91 bits per heavy atom. The molecule has 0 fully saturated rings. The first-order chi connectivity index (χ1) is 10.6. The summed E-state index contributed by atoms with van der Waals surface area (Å²) in [5.41, 5.74) is 0.361. The van der Waals surface area contributed by atoms with Crippen molar-refractivity contribution < 1.29 is 14.0 Å². The summed E-state index contributed by atoms with van der Waals surface area (Å²) in [5.74, 6) is -0.0632. The molecule has 0 aliphatic heterocycles. The number of hydrogen-bond acceptors (Lipinski definition) is 3. The highest BCUT2D eigenvalue weighted by atomic mass is 19.1. The number of nitrogens with zero attached hydrogens (tertiary/aromatic N) is 1. The second kappa shape index (κ2) is 7.92. The third-order valence-corrected chi connectivity index (χ3v) is 2.98. The summed E-state index contributed by atoms with van der Waals surface area (Å²) < 4.78 is 12.7. The Hall–Kier alpha value is -2.70. The van der Waals surface area contributed by atoms with Gasteiger partial charge in [0.2, 0.25) is 5.91 Å². The summed E-state index contributed by atoms with van der Waals surface area (Å²) in [6.07, 6.45) is 4.19. The lowest BCUT2D eigenvalue weighted by atomic mass is 10.2. The fraction of sp³-hybridized carbons (Fsp3) is 0.267. The van der Waals surface area contributed by atoms with E-state index in [1.165, 1.54) is 24.3 Å². The first-order valence-corrected chi connectivity index (χ1v) is 6.94. The molecule has 0 spiro atoms. The van der Waals surface area contributed by atoms with E-state index in [0.29, 0.717) is 18.5 Å². The van der Waals surface area contributed by atoms with Gasteiger partial charge in [-0.2, -0.15) is 0 Å². The molecule has 0 atom stereocenters. The van der Waals surface area contributed by atoms with Crippen LogP contribution in [0.3, 0.4) is 0 Å². The molecular weight excluding hydrogens is 287 g/mol. The Morgan fingerprint density at radius 1 is 1.14 bits per heavy atom. The minimum atomic E-state index is -0.396. The molecular formula is C15H17FN4O2. The zero-order valence-electron chi connectivity index (χ0n) is 11.9. The van der Waals surface area contributed by atoms with Gasteiger partial charge in [-0.25, -0.2) is 9.37 Å². The molecule has 0 aliphatic rings. The van der Waals surface area contributed by atoms with E-state index in [1.54, 1.807) is 12.4 Å². The van der Waals surface area contributed by atoms with Crippen molar-refractivity contribution in [2.75, 3.05) is 13.1 Å². The van der Waals surface area contributed by atoms with E-state index in [1.807, 2.05) is 0 Å². The number of halogens is 1. The second-order valence-electron chi connectivity index (χ2n) is 4.65. The average Bonchev–Trinajstić information content (AvgIpc) is 3.01. The summed E-state index contributed by atoms with van der Waals surface area (Å²) in [7, 11) is 0. The van der Waals surface area contributed by atoms with Gasteiger partial charge in [0.1, 0.15) is 11.6 Å². The number of H-pyrrole nitrogens is 1. The fourth-order valence-corrected chi connectivity index (χ4v) is 1.84. The Bertz CT molecular complexity index is 611. The van der Waals surface area contributed by atoms with Crippen LogP contribution in [0.5, 0.6) is 0 Å². The third-order valence-electron chi connectivity index (χ3n) is 2.98. The van der Waals surface area contributed by atoms with Gasteiger partial charge in [0.25, 0.3) is 5.91 Å². The number of nitrogens with one attached hydrogen (secondary N) is 3. The van der Waals surface area contributed by atoms with E-state index >= 15 is 0 Å². The summed E-state index contributed by atoms with van der Waals surface area (Å²) in [6.45, 7) is 0.709. The summed E-state index contributed by atoms with van der Waals surface area (Å²) in [4.78, 5) is 30.3. The van der Waals surface area contributed by atoms with E-state index in [2.05, 4.69) is 20.6 Å². The van der Waals surface area contributed by atoms with Crippen molar-refractivity contribution >= 4 is 11.8 Å². The molecule has 116 valence electrons. The highest BCUT2D eigenvalue weighted by Crippen LogP contribution is 2.02. The van der Waals surface area contributed by atoms with Crippen LogP contribution >= 0.6 is 0 Å².